The molecule has 0 unspecified atom stereocenters. The fourth-order valence-electron chi connectivity index (χ4n) is 2.63. The van der Waals surface area contributed by atoms with Gasteiger partial charge in [0.2, 0.25) is 0 Å². The van der Waals surface area contributed by atoms with Crippen LogP contribution in [0.3, 0.4) is 0 Å². The van der Waals surface area contributed by atoms with E-state index in [2.05, 4.69) is 18.6 Å². The highest BCUT2D eigenvalue weighted by atomic mass is 32.2. The lowest BCUT2D eigenvalue weighted by Gasteiger charge is -2.13. The third kappa shape index (κ3) is 6.75. The van der Waals surface area contributed by atoms with Crippen LogP contribution in [0.5, 0.6) is 11.5 Å². The molecule has 1 aromatic rings. The maximum absolute atomic E-state index is 12.7. The minimum absolute atomic E-state index is 0.152. The van der Waals surface area contributed by atoms with Gasteiger partial charge in [0.25, 0.3) is 5.91 Å². The first-order valence-electron chi connectivity index (χ1n) is 9.48. The normalized spacial score (nSPS) is 15.3. The largest absolute Gasteiger partial charge is 0.493 e. The van der Waals surface area contributed by atoms with Crippen molar-refractivity contribution in [2.45, 2.75) is 33.1 Å². The van der Waals surface area contributed by atoms with E-state index in [0.29, 0.717) is 46.2 Å². The van der Waals surface area contributed by atoms with Gasteiger partial charge in [-0.1, -0.05) is 43.9 Å². The molecule has 0 aliphatic carbocycles. The summed E-state index contributed by atoms with van der Waals surface area (Å²) in [7, 11) is 2.94. The van der Waals surface area contributed by atoms with Crippen molar-refractivity contribution in [1.29, 1.82) is 0 Å². The van der Waals surface area contributed by atoms with Crippen LogP contribution in [-0.2, 0) is 14.3 Å². The standard InChI is InChI=1S/C21H27NO5S2/c1-14(2)9-11-27-16-8-7-15(12-17(16)25-3)13-18-20(24)22(21(28)29-18)10-5-6-19(23)26-4/h7-8,12-14H,5-6,9-11H2,1-4H3/b18-13+. The highest BCUT2D eigenvalue weighted by molar-refractivity contribution is 8.26. The number of thioether (sulfide) groups is 1. The highest BCUT2D eigenvalue weighted by Crippen LogP contribution is 2.35. The number of benzene rings is 1. The van der Waals surface area contributed by atoms with Gasteiger partial charge in [-0.25, -0.2) is 0 Å². The number of hydrogen-bond donors (Lipinski definition) is 0. The Labute approximate surface area is 181 Å². The minimum Gasteiger partial charge on any atom is -0.493 e. The Morgan fingerprint density at radius 2 is 2.03 bits per heavy atom. The second-order valence-electron chi connectivity index (χ2n) is 6.95. The Kier molecular flexibility index (Phi) is 8.98. The summed E-state index contributed by atoms with van der Waals surface area (Å²) in [5.74, 6) is 1.42. The zero-order chi connectivity index (χ0) is 21.4. The minimum atomic E-state index is -0.297. The van der Waals surface area contributed by atoms with Gasteiger partial charge in [0.15, 0.2) is 11.5 Å². The summed E-state index contributed by atoms with van der Waals surface area (Å²) in [5.41, 5.74) is 0.827. The first kappa shape index (κ1) is 23.2. The average molecular weight is 438 g/mol. The van der Waals surface area contributed by atoms with Crippen molar-refractivity contribution in [3.05, 3.63) is 28.7 Å². The summed E-state index contributed by atoms with van der Waals surface area (Å²) in [6.07, 6.45) is 3.51. The molecule has 158 valence electrons. The molecule has 29 heavy (non-hydrogen) atoms. The molecule has 0 saturated carbocycles. The number of ether oxygens (including phenoxy) is 3. The van der Waals surface area contributed by atoms with Gasteiger partial charge in [-0.15, -0.1) is 0 Å². The molecule has 6 nitrogen and oxygen atoms in total. The Morgan fingerprint density at radius 1 is 1.28 bits per heavy atom. The third-order valence-corrected chi connectivity index (χ3v) is 5.68. The van der Waals surface area contributed by atoms with Gasteiger partial charge < -0.3 is 14.2 Å². The molecule has 1 aliphatic heterocycles. The molecule has 0 radical (unpaired) electrons. The predicted octanol–water partition coefficient (Wildman–Crippen LogP) is 4.27. The van der Waals surface area contributed by atoms with Crippen LogP contribution in [0.1, 0.15) is 38.7 Å². The number of methoxy groups -OCH3 is 2. The van der Waals surface area contributed by atoms with Crippen LogP contribution in [0.4, 0.5) is 0 Å². The van der Waals surface area contributed by atoms with Crippen molar-refractivity contribution in [2.75, 3.05) is 27.4 Å². The van der Waals surface area contributed by atoms with Crippen molar-refractivity contribution >= 4 is 46.3 Å². The van der Waals surface area contributed by atoms with Gasteiger partial charge in [0.1, 0.15) is 4.32 Å². The van der Waals surface area contributed by atoms with Crippen LogP contribution < -0.4 is 9.47 Å². The van der Waals surface area contributed by atoms with Gasteiger partial charge in [-0.05, 0) is 42.5 Å². The van der Waals surface area contributed by atoms with E-state index < -0.39 is 0 Å². The molecule has 0 atom stereocenters. The fraction of sp³-hybridized carbons (Fsp3) is 0.476. The summed E-state index contributed by atoms with van der Waals surface area (Å²) in [5, 5.41) is 0. The van der Waals surface area contributed by atoms with Crippen LogP contribution in [-0.4, -0.2) is 48.5 Å². The van der Waals surface area contributed by atoms with Gasteiger partial charge in [-0.2, -0.15) is 0 Å². The lowest BCUT2D eigenvalue weighted by Crippen LogP contribution is -2.29. The third-order valence-electron chi connectivity index (χ3n) is 4.30. The van der Waals surface area contributed by atoms with E-state index in [-0.39, 0.29) is 18.3 Å². The molecule has 1 heterocycles. The molecule has 2 rings (SSSR count). The predicted molar refractivity (Wildman–Crippen MR) is 119 cm³/mol. The van der Waals surface area contributed by atoms with Gasteiger partial charge in [0, 0.05) is 13.0 Å². The summed E-state index contributed by atoms with van der Waals surface area (Å²) in [4.78, 5) is 26.0. The molecule has 1 fully saturated rings. The number of nitrogens with zero attached hydrogens (tertiary/aromatic N) is 1. The Morgan fingerprint density at radius 3 is 2.69 bits per heavy atom. The molecule has 1 saturated heterocycles. The zero-order valence-electron chi connectivity index (χ0n) is 17.2. The summed E-state index contributed by atoms with van der Waals surface area (Å²) in [6, 6.07) is 5.58. The van der Waals surface area contributed by atoms with Gasteiger partial charge >= 0.3 is 5.97 Å². The lowest BCUT2D eigenvalue weighted by atomic mass is 10.1. The van der Waals surface area contributed by atoms with E-state index in [0.717, 1.165) is 12.0 Å². The number of esters is 1. The first-order valence-corrected chi connectivity index (χ1v) is 10.7. The molecule has 0 aromatic heterocycles. The molecule has 0 spiro atoms. The van der Waals surface area contributed by atoms with Crippen molar-refractivity contribution < 1.29 is 23.8 Å². The van der Waals surface area contributed by atoms with Gasteiger partial charge in [-0.3, -0.25) is 14.5 Å². The second-order valence-corrected chi connectivity index (χ2v) is 8.63. The second kappa shape index (κ2) is 11.2. The van der Waals surface area contributed by atoms with Crippen LogP contribution in [0.15, 0.2) is 23.1 Å². The highest BCUT2D eigenvalue weighted by Gasteiger charge is 2.31. The summed E-state index contributed by atoms with van der Waals surface area (Å²) < 4.78 is 16.4. The van der Waals surface area contributed by atoms with E-state index in [4.69, 9.17) is 21.7 Å². The number of carbonyl (C=O) groups is 2. The lowest BCUT2D eigenvalue weighted by molar-refractivity contribution is -0.141. The fourth-order valence-corrected chi connectivity index (χ4v) is 3.93. The number of hydrogen-bond acceptors (Lipinski definition) is 7. The number of carbonyl (C=O) groups excluding carboxylic acids is 2. The van der Waals surface area contributed by atoms with E-state index >= 15 is 0 Å². The van der Waals surface area contributed by atoms with Crippen LogP contribution in [0.2, 0.25) is 0 Å². The van der Waals surface area contributed by atoms with Crippen LogP contribution in [0, 0.1) is 5.92 Å². The van der Waals surface area contributed by atoms with E-state index in [1.54, 1.807) is 13.2 Å². The number of amides is 1. The molecule has 0 bridgehead atoms. The van der Waals surface area contributed by atoms with Crippen LogP contribution in [0.25, 0.3) is 6.08 Å². The summed E-state index contributed by atoms with van der Waals surface area (Å²) in [6.45, 7) is 5.31. The maximum Gasteiger partial charge on any atom is 0.305 e. The molecular weight excluding hydrogens is 410 g/mol. The molecular formula is C21H27NO5S2. The Balaban J connectivity index is 2.06. The number of rotatable bonds is 10. The first-order chi connectivity index (χ1) is 13.8. The zero-order valence-corrected chi connectivity index (χ0v) is 18.9. The van der Waals surface area contributed by atoms with Gasteiger partial charge in [0.05, 0.1) is 25.7 Å². The maximum atomic E-state index is 12.7. The Hall–Kier alpha value is -2.06. The number of thiocarbonyl (C=S) groups is 1. The van der Waals surface area contributed by atoms with Crippen molar-refractivity contribution in [1.82, 2.24) is 4.90 Å². The van der Waals surface area contributed by atoms with Crippen molar-refractivity contribution in [2.24, 2.45) is 5.92 Å². The molecule has 1 amide bonds. The smallest absolute Gasteiger partial charge is 0.305 e. The van der Waals surface area contributed by atoms with E-state index in [1.165, 1.54) is 23.8 Å². The van der Waals surface area contributed by atoms with Crippen LogP contribution >= 0.6 is 24.0 Å². The monoisotopic (exact) mass is 437 g/mol. The van der Waals surface area contributed by atoms with E-state index in [9.17, 15) is 9.59 Å². The topological polar surface area (TPSA) is 65.1 Å². The SMILES string of the molecule is COC(=O)CCCN1C(=O)/C(=C\c2ccc(OCCC(C)C)c(OC)c2)SC1=S. The quantitative estimate of drug-likeness (QED) is 0.308. The van der Waals surface area contributed by atoms with Crippen molar-refractivity contribution in [3.8, 4) is 11.5 Å². The molecule has 1 aromatic carbocycles. The average Bonchev–Trinajstić information content (AvgIpc) is 2.95. The summed E-state index contributed by atoms with van der Waals surface area (Å²) >= 11 is 6.58. The molecule has 8 heteroatoms. The van der Waals surface area contributed by atoms with Crippen molar-refractivity contribution in [3.63, 3.8) is 0 Å². The molecule has 1 aliphatic rings. The molecule has 0 N–H and O–H groups in total. The Bertz CT molecular complexity index is 791. The van der Waals surface area contributed by atoms with E-state index in [1.807, 2.05) is 18.2 Å².